The van der Waals surface area contributed by atoms with E-state index in [0.29, 0.717) is 50.5 Å². The first-order valence-corrected chi connectivity index (χ1v) is 11.1. The van der Waals surface area contributed by atoms with Crippen LogP contribution in [0, 0.1) is 13.8 Å². The van der Waals surface area contributed by atoms with Crippen molar-refractivity contribution in [2.45, 2.75) is 45.6 Å². The van der Waals surface area contributed by atoms with Crippen LogP contribution in [0.3, 0.4) is 0 Å². The molecule has 1 aromatic heterocycles. The zero-order valence-corrected chi connectivity index (χ0v) is 17.3. The van der Waals surface area contributed by atoms with Gasteiger partial charge >= 0.3 is 0 Å². The third kappa shape index (κ3) is 4.24. The molecule has 2 aliphatic rings. The molecule has 2 fully saturated rings. The Balaban J connectivity index is 1.69. The predicted molar refractivity (Wildman–Crippen MR) is 102 cm³/mol. The molecule has 0 saturated carbocycles. The fraction of sp³-hybridized carbons (Fsp3) is 0.722. The molecular weight excluding hydrogens is 368 g/mol. The van der Waals surface area contributed by atoms with E-state index in [9.17, 15) is 13.8 Å². The molecule has 1 spiro atoms. The number of hydrogen-bond donors (Lipinski definition) is 0. The van der Waals surface area contributed by atoms with Crippen molar-refractivity contribution in [2.24, 2.45) is 11.4 Å². The lowest BCUT2D eigenvalue weighted by molar-refractivity contribution is -0.151. The molecule has 0 aliphatic carbocycles. The molecule has 0 N–H and O–H groups in total. The summed E-state index contributed by atoms with van der Waals surface area (Å²) in [5, 5.41) is 4.38. The summed E-state index contributed by atoms with van der Waals surface area (Å²) in [4.78, 5) is 26.0. The summed E-state index contributed by atoms with van der Waals surface area (Å²) >= 11 is 0. The maximum absolute atomic E-state index is 12.9. The molecule has 2 amide bonds. The Kier molecular flexibility index (Phi) is 5.45. The third-order valence-electron chi connectivity index (χ3n) is 5.64. The summed E-state index contributed by atoms with van der Waals surface area (Å²) in [7, 11) is -0.598. The molecule has 0 bridgehead atoms. The van der Waals surface area contributed by atoms with E-state index in [1.54, 1.807) is 4.68 Å². The van der Waals surface area contributed by atoms with Gasteiger partial charge in [0.2, 0.25) is 5.91 Å². The molecule has 3 rings (SSSR count). The summed E-state index contributed by atoms with van der Waals surface area (Å²) < 4.78 is 24.3. The largest absolute Gasteiger partial charge is 0.371 e. The maximum atomic E-state index is 12.9. The minimum atomic E-state index is -2.48. The molecule has 3 heterocycles. The Morgan fingerprint density at radius 3 is 2.52 bits per heavy atom. The van der Waals surface area contributed by atoms with Gasteiger partial charge in [0.15, 0.2) is 0 Å². The number of carbonyl (C=O) groups is 2. The number of carbonyl (C=O) groups excluding carboxylic acids is 2. The van der Waals surface area contributed by atoms with Crippen LogP contribution < -0.4 is 0 Å². The summed E-state index contributed by atoms with van der Waals surface area (Å²) in [6.07, 6.45) is 1.44. The molecule has 1 aromatic rings. The Bertz CT molecular complexity index is 868. The van der Waals surface area contributed by atoms with E-state index in [1.807, 2.05) is 25.8 Å². The fourth-order valence-corrected chi connectivity index (χ4v) is 6.18. The third-order valence-corrected chi connectivity index (χ3v) is 7.91. The number of hydrogen-bond acceptors (Lipinski definition) is 5. The molecule has 2 aliphatic heterocycles. The molecule has 0 unspecified atom stereocenters. The Morgan fingerprint density at radius 1 is 1.30 bits per heavy atom. The summed E-state index contributed by atoms with van der Waals surface area (Å²) in [5.74, 6) is 0.362. The second-order valence-electron chi connectivity index (χ2n) is 7.59. The quantitative estimate of drug-likeness (QED) is 0.743. The first kappa shape index (κ1) is 20.0. The van der Waals surface area contributed by atoms with Crippen molar-refractivity contribution in [3.8, 4) is 0 Å². The van der Waals surface area contributed by atoms with Gasteiger partial charge in [0.1, 0.15) is 0 Å². The van der Waals surface area contributed by atoms with Crippen molar-refractivity contribution < 1.29 is 18.5 Å². The van der Waals surface area contributed by atoms with Crippen LogP contribution in [-0.2, 0) is 37.5 Å². The lowest BCUT2D eigenvalue weighted by Gasteiger charge is -2.45. The van der Waals surface area contributed by atoms with Gasteiger partial charge in [-0.25, -0.2) is 4.21 Å². The highest BCUT2D eigenvalue weighted by Crippen LogP contribution is 2.32. The van der Waals surface area contributed by atoms with Crippen LogP contribution in [0.1, 0.15) is 36.7 Å². The number of ether oxygens (including phenoxy) is 1. The van der Waals surface area contributed by atoms with Gasteiger partial charge in [-0.1, -0.05) is 0 Å². The Hall–Kier alpha value is -1.74. The SMILES string of the molecule is CC(=O)N=S1(=O)CCC2(CC1)CN(C(=O)Cc1c(C)nn(C)c1C)CCO2. The predicted octanol–water partition coefficient (Wildman–Crippen LogP) is 0.985. The molecule has 0 aromatic carbocycles. The summed E-state index contributed by atoms with van der Waals surface area (Å²) in [6, 6.07) is 0. The minimum absolute atomic E-state index is 0.0663. The fourth-order valence-electron chi connectivity index (χ4n) is 3.94. The van der Waals surface area contributed by atoms with E-state index >= 15 is 0 Å². The number of morpholine rings is 1. The average Bonchev–Trinajstić information content (AvgIpc) is 2.84. The Labute approximate surface area is 160 Å². The molecule has 27 heavy (non-hydrogen) atoms. The zero-order valence-electron chi connectivity index (χ0n) is 16.5. The van der Waals surface area contributed by atoms with Crippen molar-refractivity contribution >= 4 is 21.5 Å². The smallest absolute Gasteiger partial charge is 0.250 e. The van der Waals surface area contributed by atoms with Crippen LogP contribution in [0.2, 0.25) is 0 Å². The number of aromatic nitrogens is 2. The normalized spacial score (nSPS) is 28.4. The maximum Gasteiger partial charge on any atom is 0.250 e. The molecule has 0 radical (unpaired) electrons. The van der Waals surface area contributed by atoms with E-state index in [-0.39, 0.29) is 11.8 Å². The highest BCUT2D eigenvalue weighted by molar-refractivity contribution is 7.93. The van der Waals surface area contributed by atoms with Crippen LogP contribution in [0.4, 0.5) is 0 Å². The van der Waals surface area contributed by atoms with E-state index < -0.39 is 15.3 Å². The Morgan fingerprint density at radius 2 is 1.96 bits per heavy atom. The van der Waals surface area contributed by atoms with Crippen LogP contribution >= 0.6 is 0 Å². The number of rotatable bonds is 2. The second-order valence-corrected chi connectivity index (χ2v) is 10.1. The number of aryl methyl sites for hydroxylation is 2. The average molecular weight is 397 g/mol. The van der Waals surface area contributed by atoms with Gasteiger partial charge in [0, 0.05) is 49.8 Å². The number of nitrogens with zero attached hydrogens (tertiary/aromatic N) is 4. The van der Waals surface area contributed by atoms with Gasteiger partial charge in [0.25, 0.3) is 5.91 Å². The van der Waals surface area contributed by atoms with Crippen molar-refractivity contribution in [2.75, 3.05) is 31.2 Å². The van der Waals surface area contributed by atoms with E-state index in [2.05, 4.69) is 9.46 Å². The van der Waals surface area contributed by atoms with E-state index in [0.717, 1.165) is 17.0 Å². The van der Waals surface area contributed by atoms with Gasteiger partial charge in [0.05, 0.1) is 34.1 Å². The second kappa shape index (κ2) is 7.35. The topological polar surface area (TPSA) is 93.9 Å². The van der Waals surface area contributed by atoms with Gasteiger partial charge in [-0.2, -0.15) is 9.46 Å². The van der Waals surface area contributed by atoms with Crippen molar-refractivity contribution in [3.63, 3.8) is 0 Å². The lowest BCUT2D eigenvalue weighted by atomic mass is 9.94. The minimum Gasteiger partial charge on any atom is -0.371 e. The molecular formula is C18H28N4O4S. The molecule has 2 saturated heterocycles. The first-order chi connectivity index (χ1) is 12.6. The highest BCUT2D eigenvalue weighted by Gasteiger charge is 2.42. The molecule has 150 valence electrons. The zero-order chi connectivity index (χ0) is 19.8. The molecule has 8 nitrogen and oxygen atoms in total. The van der Waals surface area contributed by atoms with Crippen molar-refractivity contribution in [1.82, 2.24) is 14.7 Å². The standard InChI is InChI=1S/C18H28N4O4S/c1-13-16(14(2)21(4)19-13)11-17(24)22-7-8-26-18(12-22)5-9-27(25,10-6-18)20-15(3)23/h5-12H2,1-4H3. The van der Waals surface area contributed by atoms with Crippen molar-refractivity contribution in [3.05, 3.63) is 17.0 Å². The summed E-state index contributed by atoms with van der Waals surface area (Å²) in [6.45, 7) is 6.76. The molecule has 0 atom stereocenters. The van der Waals surface area contributed by atoms with Gasteiger partial charge in [-0.3, -0.25) is 14.3 Å². The van der Waals surface area contributed by atoms with Gasteiger partial charge in [-0.05, 0) is 26.7 Å². The van der Waals surface area contributed by atoms with Crippen molar-refractivity contribution in [1.29, 1.82) is 0 Å². The number of amides is 2. The first-order valence-electron chi connectivity index (χ1n) is 9.27. The molecule has 9 heteroatoms. The monoisotopic (exact) mass is 396 g/mol. The van der Waals surface area contributed by atoms with E-state index in [4.69, 9.17) is 4.74 Å². The van der Waals surface area contributed by atoms with Gasteiger partial charge < -0.3 is 9.64 Å². The van der Waals surface area contributed by atoms with E-state index in [1.165, 1.54) is 6.92 Å². The van der Waals surface area contributed by atoms with Crippen LogP contribution in [0.15, 0.2) is 4.36 Å². The van der Waals surface area contributed by atoms with Crippen LogP contribution in [-0.4, -0.2) is 67.5 Å². The van der Waals surface area contributed by atoms with Crippen LogP contribution in [0.25, 0.3) is 0 Å². The lowest BCUT2D eigenvalue weighted by Crippen LogP contribution is -2.56. The van der Waals surface area contributed by atoms with Gasteiger partial charge in [-0.15, -0.1) is 0 Å². The highest BCUT2D eigenvalue weighted by atomic mass is 32.2. The van der Waals surface area contributed by atoms with Crippen LogP contribution in [0.5, 0.6) is 0 Å². The summed E-state index contributed by atoms with van der Waals surface area (Å²) in [5.41, 5.74) is 2.40.